The number of fused-ring (bicyclic) bond motifs is 1. The van der Waals surface area contributed by atoms with Gasteiger partial charge in [0.25, 0.3) is 0 Å². The van der Waals surface area contributed by atoms with E-state index in [0.717, 1.165) is 19.4 Å². The molecule has 1 aromatic rings. The number of hydrogen-bond donors (Lipinski definition) is 1. The van der Waals surface area contributed by atoms with Gasteiger partial charge in [-0.05, 0) is 69.3 Å². The largest absolute Gasteiger partial charge is 0.506 e. The topological polar surface area (TPSA) is 23.5 Å². The second kappa shape index (κ2) is 5.42. The van der Waals surface area contributed by atoms with E-state index in [9.17, 15) is 5.11 Å². The molecular formula is C17H22ClNO. The van der Waals surface area contributed by atoms with Gasteiger partial charge in [0.05, 0.1) is 5.02 Å². The van der Waals surface area contributed by atoms with E-state index >= 15 is 0 Å². The molecule has 2 aliphatic rings. The Morgan fingerprint density at radius 3 is 2.70 bits per heavy atom. The van der Waals surface area contributed by atoms with Crippen LogP contribution in [0.25, 0.3) is 0 Å². The van der Waals surface area contributed by atoms with Crippen molar-refractivity contribution in [3.05, 3.63) is 39.4 Å². The summed E-state index contributed by atoms with van der Waals surface area (Å²) in [4.78, 5) is 2.47. The summed E-state index contributed by atoms with van der Waals surface area (Å²) in [5, 5.41) is 10.4. The fraction of sp³-hybridized carbons (Fsp3) is 0.529. The lowest BCUT2D eigenvalue weighted by Crippen LogP contribution is -2.34. The molecule has 0 radical (unpaired) electrons. The van der Waals surface area contributed by atoms with Gasteiger partial charge in [0, 0.05) is 12.6 Å². The summed E-state index contributed by atoms with van der Waals surface area (Å²) in [6.45, 7) is 3.33. The van der Waals surface area contributed by atoms with Gasteiger partial charge in [0.15, 0.2) is 0 Å². The van der Waals surface area contributed by atoms with Gasteiger partial charge in [-0.25, -0.2) is 0 Å². The molecule has 3 heteroatoms. The van der Waals surface area contributed by atoms with Crippen LogP contribution in [0.2, 0.25) is 5.02 Å². The number of nitrogens with zero attached hydrogens (tertiary/aromatic N) is 1. The average molecular weight is 292 g/mol. The van der Waals surface area contributed by atoms with Crippen LogP contribution < -0.4 is 0 Å². The normalized spacial score (nSPS) is 23.9. The predicted octanol–water partition coefficient (Wildman–Crippen LogP) is 3.95. The number of rotatable bonds is 1. The molecule has 0 bridgehead atoms. The molecule has 2 nitrogen and oxygen atoms in total. The summed E-state index contributed by atoms with van der Waals surface area (Å²) in [5.41, 5.74) is 5.74. The average Bonchev–Trinajstić information content (AvgIpc) is 2.77. The second-order valence-electron chi connectivity index (χ2n) is 6.18. The van der Waals surface area contributed by atoms with Gasteiger partial charge >= 0.3 is 0 Å². The van der Waals surface area contributed by atoms with Gasteiger partial charge < -0.3 is 5.11 Å². The Morgan fingerprint density at radius 2 is 2.00 bits per heavy atom. The highest BCUT2D eigenvalue weighted by Crippen LogP contribution is 2.35. The van der Waals surface area contributed by atoms with Crippen molar-refractivity contribution in [2.45, 2.75) is 45.1 Å². The summed E-state index contributed by atoms with van der Waals surface area (Å²) >= 11 is 6.05. The molecule has 108 valence electrons. The first-order valence-electron chi connectivity index (χ1n) is 7.45. The molecule has 0 aromatic heterocycles. The van der Waals surface area contributed by atoms with Crippen LogP contribution in [0, 0.1) is 0 Å². The summed E-state index contributed by atoms with van der Waals surface area (Å²) < 4.78 is 0. The van der Waals surface area contributed by atoms with Gasteiger partial charge in [-0.3, -0.25) is 4.90 Å². The van der Waals surface area contributed by atoms with Crippen molar-refractivity contribution in [1.29, 1.82) is 0 Å². The fourth-order valence-corrected chi connectivity index (χ4v) is 3.83. The lowest BCUT2D eigenvalue weighted by Gasteiger charge is -2.28. The minimum Gasteiger partial charge on any atom is -0.506 e. The third-order valence-corrected chi connectivity index (χ3v) is 5.20. The second-order valence-corrected chi connectivity index (χ2v) is 6.59. The molecule has 1 heterocycles. The van der Waals surface area contributed by atoms with Crippen LogP contribution in [0.15, 0.2) is 23.3 Å². The van der Waals surface area contributed by atoms with Crippen molar-refractivity contribution in [3.63, 3.8) is 0 Å². The number of likely N-dealkylation sites (N-methyl/N-ethyl adjacent to an activating group) is 1. The SMILES string of the molecule is CC1=C([C@H]2Cc3cc(O)c(Cl)cc3CCN2C)CCC1. The van der Waals surface area contributed by atoms with Gasteiger partial charge in [-0.1, -0.05) is 22.7 Å². The Labute approximate surface area is 126 Å². The molecule has 1 N–H and O–H groups in total. The van der Waals surface area contributed by atoms with E-state index in [-0.39, 0.29) is 5.75 Å². The molecule has 0 saturated carbocycles. The molecule has 0 saturated heterocycles. The molecule has 1 aromatic carbocycles. The Kier molecular flexibility index (Phi) is 3.78. The first kappa shape index (κ1) is 14.0. The van der Waals surface area contributed by atoms with E-state index in [1.165, 1.54) is 30.4 Å². The Morgan fingerprint density at radius 1 is 1.20 bits per heavy atom. The lowest BCUT2D eigenvalue weighted by molar-refractivity contribution is 0.277. The molecule has 0 spiro atoms. The van der Waals surface area contributed by atoms with Crippen LogP contribution >= 0.6 is 11.6 Å². The number of hydrogen-bond acceptors (Lipinski definition) is 2. The maximum absolute atomic E-state index is 9.88. The molecular weight excluding hydrogens is 270 g/mol. The third kappa shape index (κ3) is 2.47. The smallest absolute Gasteiger partial charge is 0.134 e. The maximum Gasteiger partial charge on any atom is 0.134 e. The van der Waals surface area contributed by atoms with Crippen LogP contribution in [0.4, 0.5) is 0 Å². The first-order valence-corrected chi connectivity index (χ1v) is 7.83. The number of halogens is 1. The van der Waals surface area contributed by atoms with Crippen molar-refractivity contribution in [1.82, 2.24) is 4.90 Å². The Balaban J connectivity index is 1.97. The molecule has 20 heavy (non-hydrogen) atoms. The molecule has 1 atom stereocenters. The maximum atomic E-state index is 9.88. The van der Waals surface area contributed by atoms with Gasteiger partial charge in [0.1, 0.15) is 5.75 Å². The molecule has 0 fully saturated rings. The van der Waals surface area contributed by atoms with Crippen molar-refractivity contribution in [2.75, 3.05) is 13.6 Å². The van der Waals surface area contributed by atoms with E-state index in [0.29, 0.717) is 11.1 Å². The third-order valence-electron chi connectivity index (χ3n) is 4.90. The lowest BCUT2D eigenvalue weighted by atomic mass is 9.94. The van der Waals surface area contributed by atoms with E-state index in [1.54, 1.807) is 11.1 Å². The summed E-state index contributed by atoms with van der Waals surface area (Å²) in [5.74, 6) is 0.214. The van der Waals surface area contributed by atoms with Gasteiger partial charge in [-0.15, -0.1) is 0 Å². The Bertz CT molecular complexity index is 564. The van der Waals surface area contributed by atoms with E-state index in [1.807, 2.05) is 12.1 Å². The highest BCUT2D eigenvalue weighted by atomic mass is 35.5. The molecule has 3 rings (SSSR count). The van der Waals surface area contributed by atoms with Crippen molar-refractivity contribution >= 4 is 11.6 Å². The zero-order chi connectivity index (χ0) is 14.3. The van der Waals surface area contributed by atoms with E-state index in [4.69, 9.17) is 11.6 Å². The van der Waals surface area contributed by atoms with Crippen LogP contribution in [-0.4, -0.2) is 29.6 Å². The zero-order valence-corrected chi connectivity index (χ0v) is 13.0. The Hall–Kier alpha value is -0.990. The molecule has 0 amide bonds. The highest BCUT2D eigenvalue weighted by Gasteiger charge is 2.27. The van der Waals surface area contributed by atoms with Crippen molar-refractivity contribution in [2.24, 2.45) is 0 Å². The van der Waals surface area contributed by atoms with Crippen LogP contribution in [0.3, 0.4) is 0 Å². The molecule has 1 aliphatic carbocycles. The minimum absolute atomic E-state index is 0.214. The summed E-state index contributed by atoms with van der Waals surface area (Å²) in [6.07, 6.45) is 5.77. The quantitative estimate of drug-likeness (QED) is 0.792. The van der Waals surface area contributed by atoms with Crippen LogP contribution in [-0.2, 0) is 12.8 Å². The van der Waals surface area contributed by atoms with Gasteiger partial charge in [-0.2, -0.15) is 0 Å². The van der Waals surface area contributed by atoms with Crippen LogP contribution in [0.1, 0.15) is 37.3 Å². The predicted molar refractivity (Wildman–Crippen MR) is 83.5 cm³/mol. The first-order chi connectivity index (χ1) is 9.56. The summed E-state index contributed by atoms with van der Waals surface area (Å²) in [6, 6.07) is 4.30. The molecule has 0 unspecified atom stereocenters. The fourth-order valence-electron chi connectivity index (χ4n) is 3.64. The zero-order valence-electron chi connectivity index (χ0n) is 12.2. The number of aromatic hydroxyl groups is 1. The standard InChI is InChI=1S/C17H22ClNO/c1-11-4-3-5-14(11)16-9-13-10-17(20)15(18)8-12(13)6-7-19(16)2/h8,10,16,20H,3-7,9H2,1-2H3/t16-/m1/s1. The number of phenolic OH excluding ortho intramolecular Hbond substituents is 1. The highest BCUT2D eigenvalue weighted by molar-refractivity contribution is 6.32. The number of phenols is 1. The molecule has 1 aliphatic heterocycles. The number of benzene rings is 1. The van der Waals surface area contributed by atoms with Crippen molar-refractivity contribution < 1.29 is 5.11 Å². The van der Waals surface area contributed by atoms with Gasteiger partial charge in [0.2, 0.25) is 0 Å². The summed E-state index contributed by atoms with van der Waals surface area (Å²) in [7, 11) is 2.22. The van der Waals surface area contributed by atoms with Crippen molar-refractivity contribution in [3.8, 4) is 5.75 Å². The van der Waals surface area contributed by atoms with E-state index < -0.39 is 0 Å². The van der Waals surface area contributed by atoms with Crippen LogP contribution in [0.5, 0.6) is 5.75 Å². The monoisotopic (exact) mass is 291 g/mol. The number of allylic oxidation sites excluding steroid dienone is 1. The minimum atomic E-state index is 0.214. The van der Waals surface area contributed by atoms with E-state index in [2.05, 4.69) is 18.9 Å².